The van der Waals surface area contributed by atoms with Crippen molar-refractivity contribution in [1.82, 2.24) is 9.62 Å². The molecule has 0 saturated carbocycles. The number of halogens is 3. The Balaban J connectivity index is 2.82. The molecule has 0 atom stereocenters. The van der Waals surface area contributed by atoms with Crippen LogP contribution in [-0.4, -0.2) is 38.2 Å². The van der Waals surface area contributed by atoms with Crippen LogP contribution in [0.15, 0.2) is 29.2 Å². The molecule has 10 heteroatoms. The summed E-state index contributed by atoms with van der Waals surface area (Å²) in [5.74, 6) is -1.59. The lowest BCUT2D eigenvalue weighted by molar-refractivity contribution is -0.138. The fraction of sp³-hybridized carbons (Fsp3) is 0.429. The molecule has 0 heterocycles. The molecule has 6 nitrogen and oxygen atoms in total. The summed E-state index contributed by atoms with van der Waals surface area (Å²) in [4.78, 5) is 24.3. The first-order valence-electron chi connectivity index (χ1n) is 7.02. The van der Waals surface area contributed by atoms with Gasteiger partial charge in [-0.25, -0.2) is 13.1 Å². The van der Waals surface area contributed by atoms with Crippen LogP contribution in [0.25, 0.3) is 0 Å². The zero-order valence-corrected chi connectivity index (χ0v) is 13.9. The van der Waals surface area contributed by atoms with Gasteiger partial charge in [-0.15, -0.1) is 0 Å². The summed E-state index contributed by atoms with van der Waals surface area (Å²) in [5.41, 5.74) is -1.01. The molecule has 2 amide bonds. The second-order valence-electron chi connectivity index (χ2n) is 4.79. The second-order valence-corrected chi connectivity index (χ2v) is 6.48. The molecule has 134 valence electrons. The monoisotopic (exact) mass is 366 g/mol. The van der Waals surface area contributed by atoms with E-state index in [1.807, 2.05) is 0 Å². The van der Waals surface area contributed by atoms with E-state index < -0.39 is 44.9 Å². The standard InChI is InChI=1S/C14H17F3N2O4S/c1-3-19(4-2)13(21)9-12(20)18-24(22,23)11-7-5-10(6-8-11)14(15,16)17/h5-8H,3-4,9H2,1-2H3,(H,18,20). The Morgan fingerprint density at radius 2 is 1.58 bits per heavy atom. The van der Waals surface area contributed by atoms with Gasteiger partial charge in [0.2, 0.25) is 11.8 Å². The van der Waals surface area contributed by atoms with Crippen LogP contribution in [0.1, 0.15) is 25.8 Å². The topological polar surface area (TPSA) is 83.6 Å². The first kappa shape index (κ1) is 19.9. The van der Waals surface area contributed by atoms with Gasteiger partial charge in [-0.3, -0.25) is 9.59 Å². The van der Waals surface area contributed by atoms with Crippen LogP contribution >= 0.6 is 0 Å². The van der Waals surface area contributed by atoms with Crippen LogP contribution in [-0.2, 0) is 25.8 Å². The van der Waals surface area contributed by atoms with Crippen molar-refractivity contribution in [3.63, 3.8) is 0 Å². The van der Waals surface area contributed by atoms with Crippen molar-refractivity contribution in [2.75, 3.05) is 13.1 Å². The average Bonchev–Trinajstić information content (AvgIpc) is 2.47. The van der Waals surface area contributed by atoms with E-state index in [2.05, 4.69) is 0 Å². The van der Waals surface area contributed by atoms with Crippen LogP contribution in [0.3, 0.4) is 0 Å². The zero-order valence-electron chi connectivity index (χ0n) is 13.1. The quantitative estimate of drug-likeness (QED) is 0.778. The molecule has 0 fully saturated rings. The summed E-state index contributed by atoms with van der Waals surface area (Å²) in [5, 5.41) is 0. The number of alkyl halides is 3. The number of benzene rings is 1. The summed E-state index contributed by atoms with van der Waals surface area (Å²) in [6.07, 6.45) is -5.26. The van der Waals surface area contributed by atoms with E-state index >= 15 is 0 Å². The molecule has 0 radical (unpaired) electrons. The SMILES string of the molecule is CCN(CC)C(=O)CC(=O)NS(=O)(=O)c1ccc(C(F)(F)F)cc1. The number of sulfonamides is 1. The molecule has 24 heavy (non-hydrogen) atoms. The molecular weight excluding hydrogens is 349 g/mol. The average molecular weight is 366 g/mol. The first-order chi connectivity index (χ1) is 11.0. The second kappa shape index (κ2) is 7.65. The van der Waals surface area contributed by atoms with Gasteiger partial charge in [-0.1, -0.05) is 0 Å². The van der Waals surface area contributed by atoms with Crippen molar-refractivity contribution in [1.29, 1.82) is 0 Å². The molecule has 0 saturated heterocycles. The Hall–Kier alpha value is -2.10. The van der Waals surface area contributed by atoms with E-state index in [1.165, 1.54) is 4.90 Å². The van der Waals surface area contributed by atoms with Gasteiger partial charge in [0.25, 0.3) is 10.0 Å². The number of hydrogen-bond donors (Lipinski definition) is 1. The van der Waals surface area contributed by atoms with Crippen molar-refractivity contribution in [3.05, 3.63) is 29.8 Å². The van der Waals surface area contributed by atoms with Gasteiger partial charge in [-0.05, 0) is 38.1 Å². The molecule has 1 aromatic carbocycles. The minimum absolute atomic E-state index is 0.369. The van der Waals surface area contributed by atoms with Crippen LogP contribution in [0.5, 0.6) is 0 Å². The number of rotatable bonds is 6. The van der Waals surface area contributed by atoms with Crippen LogP contribution < -0.4 is 4.72 Å². The predicted octanol–water partition coefficient (Wildman–Crippen LogP) is 1.77. The van der Waals surface area contributed by atoms with E-state index in [4.69, 9.17) is 0 Å². The maximum Gasteiger partial charge on any atom is 0.416 e. The third-order valence-electron chi connectivity index (χ3n) is 3.17. The van der Waals surface area contributed by atoms with Gasteiger partial charge in [-0.2, -0.15) is 13.2 Å². The highest BCUT2D eigenvalue weighted by Crippen LogP contribution is 2.29. The number of hydrogen-bond acceptors (Lipinski definition) is 4. The lowest BCUT2D eigenvalue weighted by Gasteiger charge is -2.18. The maximum absolute atomic E-state index is 12.5. The Kier molecular flexibility index (Phi) is 6.35. The Morgan fingerprint density at radius 1 is 1.08 bits per heavy atom. The number of carbonyl (C=O) groups is 2. The molecule has 0 aliphatic rings. The number of nitrogens with one attached hydrogen (secondary N) is 1. The van der Waals surface area contributed by atoms with E-state index in [1.54, 1.807) is 18.6 Å². The van der Waals surface area contributed by atoms with Crippen LogP contribution in [0.2, 0.25) is 0 Å². The van der Waals surface area contributed by atoms with Gasteiger partial charge in [0.05, 0.1) is 10.5 Å². The number of carbonyl (C=O) groups excluding carboxylic acids is 2. The molecule has 1 aromatic rings. The summed E-state index contributed by atoms with van der Waals surface area (Å²) in [7, 11) is -4.34. The summed E-state index contributed by atoms with van der Waals surface area (Å²) < 4.78 is 62.9. The Bertz CT molecular complexity index is 696. The van der Waals surface area contributed by atoms with E-state index in [0.29, 0.717) is 25.2 Å². The van der Waals surface area contributed by atoms with Crippen LogP contribution in [0.4, 0.5) is 13.2 Å². The van der Waals surface area contributed by atoms with Gasteiger partial charge in [0.15, 0.2) is 0 Å². The van der Waals surface area contributed by atoms with Gasteiger partial charge in [0.1, 0.15) is 6.42 Å². The fourth-order valence-electron chi connectivity index (χ4n) is 1.89. The molecule has 0 unspecified atom stereocenters. The third kappa shape index (κ3) is 5.22. The molecular formula is C14H17F3N2O4S. The van der Waals surface area contributed by atoms with E-state index in [9.17, 15) is 31.2 Å². The van der Waals surface area contributed by atoms with Gasteiger partial charge in [0, 0.05) is 13.1 Å². The number of amides is 2. The zero-order chi connectivity index (χ0) is 18.5. The van der Waals surface area contributed by atoms with Gasteiger partial charge >= 0.3 is 6.18 Å². The van der Waals surface area contributed by atoms with Crippen LogP contribution in [0, 0.1) is 0 Å². The highest BCUT2D eigenvalue weighted by atomic mass is 32.2. The largest absolute Gasteiger partial charge is 0.416 e. The lowest BCUT2D eigenvalue weighted by Crippen LogP contribution is -2.37. The lowest BCUT2D eigenvalue weighted by atomic mass is 10.2. The van der Waals surface area contributed by atoms with E-state index in [0.717, 1.165) is 12.1 Å². The maximum atomic E-state index is 12.5. The van der Waals surface area contributed by atoms with Crippen molar-refractivity contribution in [3.8, 4) is 0 Å². The van der Waals surface area contributed by atoms with Crippen molar-refractivity contribution in [2.45, 2.75) is 31.3 Å². The molecule has 0 aliphatic carbocycles. The Morgan fingerprint density at radius 3 is 2.00 bits per heavy atom. The predicted molar refractivity (Wildman–Crippen MR) is 79.3 cm³/mol. The fourth-order valence-corrected chi connectivity index (χ4v) is 2.88. The molecule has 0 bridgehead atoms. The molecule has 0 aliphatic heterocycles. The molecule has 1 rings (SSSR count). The number of nitrogens with zero attached hydrogens (tertiary/aromatic N) is 1. The minimum atomic E-state index is -4.60. The molecule has 1 N–H and O–H groups in total. The third-order valence-corrected chi connectivity index (χ3v) is 4.56. The van der Waals surface area contributed by atoms with Crippen molar-refractivity contribution < 1.29 is 31.2 Å². The molecule has 0 aromatic heterocycles. The van der Waals surface area contributed by atoms with E-state index in [-0.39, 0.29) is 0 Å². The highest BCUT2D eigenvalue weighted by Gasteiger charge is 2.31. The minimum Gasteiger partial charge on any atom is -0.343 e. The highest BCUT2D eigenvalue weighted by molar-refractivity contribution is 7.90. The summed E-state index contributed by atoms with van der Waals surface area (Å²) in [6.45, 7) is 4.15. The van der Waals surface area contributed by atoms with Crippen molar-refractivity contribution >= 4 is 21.8 Å². The smallest absolute Gasteiger partial charge is 0.343 e. The summed E-state index contributed by atoms with van der Waals surface area (Å²) in [6, 6.07) is 2.68. The van der Waals surface area contributed by atoms with Crippen molar-refractivity contribution in [2.24, 2.45) is 0 Å². The van der Waals surface area contributed by atoms with Gasteiger partial charge < -0.3 is 4.90 Å². The summed E-state index contributed by atoms with van der Waals surface area (Å²) >= 11 is 0. The Labute approximate surface area is 137 Å². The normalized spacial score (nSPS) is 11.9. The first-order valence-corrected chi connectivity index (χ1v) is 8.50. The molecule has 0 spiro atoms.